The Morgan fingerprint density at radius 1 is 0.958 bits per heavy atom. The van der Waals surface area contributed by atoms with E-state index in [0.29, 0.717) is 16.9 Å². The number of halogens is 3. The smallest absolute Gasteiger partial charge is 0.415 e. The van der Waals surface area contributed by atoms with E-state index in [-0.39, 0.29) is 0 Å². The maximum absolute atomic E-state index is 12.9. The zero-order valence-corrected chi connectivity index (χ0v) is 13.2. The van der Waals surface area contributed by atoms with Gasteiger partial charge < -0.3 is 4.74 Å². The maximum Gasteiger partial charge on any atom is 0.415 e. The fraction of sp³-hybridized carbons (Fsp3) is 0.100. The number of alkyl halides is 3. The Morgan fingerprint density at radius 3 is 2.00 bits per heavy atom. The van der Waals surface area contributed by atoms with Gasteiger partial charge in [0.15, 0.2) is 0 Å². The summed E-state index contributed by atoms with van der Waals surface area (Å²) in [6.45, 7) is 3.13. The van der Waals surface area contributed by atoms with E-state index in [9.17, 15) is 13.2 Å². The quantitative estimate of drug-likeness (QED) is 0.492. The number of ether oxygens (including phenoxy) is 1. The molecule has 2 rings (SSSR count). The van der Waals surface area contributed by atoms with Gasteiger partial charge in [0.25, 0.3) is 0 Å². The number of rotatable bonds is 5. The van der Waals surface area contributed by atoms with Crippen molar-refractivity contribution in [3.8, 4) is 0 Å². The summed E-state index contributed by atoms with van der Waals surface area (Å²) in [5, 5.41) is 0. The van der Waals surface area contributed by atoms with Crippen molar-refractivity contribution in [2.45, 2.75) is 6.18 Å². The highest BCUT2D eigenvalue weighted by Crippen LogP contribution is 2.32. The lowest BCUT2D eigenvalue weighted by atomic mass is 9.99. The second-order valence-corrected chi connectivity index (χ2v) is 5.07. The van der Waals surface area contributed by atoms with Crippen LogP contribution < -0.4 is 0 Å². The summed E-state index contributed by atoms with van der Waals surface area (Å²) in [5.74, 6) is 0.331. The molecule has 4 heteroatoms. The number of hydrogen-bond donors (Lipinski definition) is 0. The van der Waals surface area contributed by atoms with Crippen LogP contribution in [0.2, 0.25) is 0 Å². The number of hydrogen-bond acceptors (Lipinski definition) is 1. The monoisotopic (exact) mass is 330 g/mol. The molecule has 0 unspecified atom stereocenters. The fourth-order valence-electron chi connectivity index (χ4n) is 2.12. The molecule has 2 aromatic rings. The van der Waals surface area contributed by atoms with Gasteiger partial charge in [-0.05, 0) is 23.3 Å². The van der Waals surface area contributed by atoms with Crippen LogP contribution in [0.15, 0.2) is 84.7 Å². The third-order valence-corrected chi connectivity index (χ3v) is 3.35. The standard InChI is InChI=1S/C20H17F3O/c1-15(20(21,22)23)13-18(17-11-7-4-8-12-17)19(24-2)14-16-9-5-3-6-10-16/h3-14H,1H2,2H3/b18-13-,19-14-. The van der Waals surface area contributed by atoms with Crippen molar-refractivity contribution in [3.05, 3.63) is 95.8 Å². The Balaban J connectivity index is 2.55. The summed E-state index contributed by atoms with van der Waals surface area (Å²) in [6, 6.07) is 18.0. The van der Waals surface area contributed by atoms with Gasteiger partial charge in [0, 0.05) is 11.1 Å². The summed E-state index contributed by atoms with van der Waals surface area (Å²) >= 11 is 0. The molecule has 0 radical (unpaired) electrons. The molecular weight excluding hydrogens is 313 g/mol. The van der Waals surface area contributed by atoms with E-state index in [2.05, 4.69) is 6.58 Å². The molecule has 0 aromatic heterocycles. The largest absolute Gasteiger partial charge is 0.496 e. The van der Waals surface area contributed by atoms with E-state index in [1.165, 1.54) is 7.11 Å². The van der Waals surface area contributed by atoms with Gasteiger partial charge in [-0.25, -0.2) is 0 Å². The van der Waals surface area contributed by atoms with Gasteiger partial charge >= 0.3 is 6.18 Å². The van der Waals surface area contributed by atoms with Crippen LogP contribution in [0, 0.1) is 0 Å². The first-order chi connectivity index (χ1) is 11.4. The van der Waals surface area contributed by atoms with Crippen molar-refractivity contribution in [2.75, 3.05) is 7.11 Å². The Kier molecular flexibility index (Phi) is 5.64. The average molecular weight is 330 g/mol. The van der Waals surface area contributed by atoms with Crippen LogP contribution >= 0.6 is 0 Å². The Labute approximate surface area is 139 Å². The van der Waals surface area contributed by atoms with E-state index in [4.69, 9.17) is 4.74 Å². The highest BCUT2D eigenvalue weighted by molar-refractivity contribution is 5.84. The Bertz CT molecular complexity index is 741. The molecule has 0 spiro atoms. The van der Waals surface area contributed by atoms with Crippen LogP contribution in [0.3, 0.4) is 0 Å². The van der Waals surface area contributed by atoms with Crippen molar-refractivity contribution in [1.29, 1.82) is 0 Å². The van der Waals surface area contributed by atoms with Crippen molar-refractivity contribution in [2.24, 2.45) is 0 Å². The first-order valence-electron chi connectivity index (χ1n) is 7.26. The molecule has 0 aliphatic rings. The summed E-state index contributed by atoms with van der Waals surface area (Å²) in [4.78, 5) is 0. The summed E-state index contributed by atoms with van der Waals surface area (Å²) in [6.07, 6.45) is -1.79. The minimum atomic E-state index is -4.49. The zero-order valence-electron chi connectivity index (χ0n) is 13.2. The molecule has 124 valence electrons. The fourth-order valence-corrected chi connectivity index (χ4v) is 2.12. The van der Waals surface area contributed by atoms with E-state index >= 15 is 0 Å². The Hall–Kier alpha value is -2.75. The summed E-state index contributed by atoms with van der Waals surface area (Å²) < 4.78 is 44.1. The molecule has 0 aliphatic carbocycles. The van der Waals surface area contributed by atoms with Gasteiger partial charge in [-0.2, -0.15) is 13.2 Å². The minimum Gasteiger partial charge on any atom is -0.496 e. The molecule has 0 bridgehead atoms. The van der Waals surface area contributed by atoms with Crippen molar-refractivity contribution < 1.29 is 17.9 Å². The molecule has 0 N–H and O–H groups in total. The predicted octanol–water partition coefficient (Wildman–Crippen LogP) is 5.88. The topological polar surface area (TPSA) is 9.23 Å². The van der Waals surface area contributed by atoms with Gasteiger partial charge in [0.2, 0.25) is 0 Å². The van der Waals surface area contributed by atoms with Crippen LogP contribution in [-0.4, -0.2) is 13.3 Å². The second kappa shape index (κ2) is 7.68. The summed E-state index contributed by atoms with van der Waals surface area (Å²) in [5.41, 5.74) is 0.836. The van der Waals surface area contributed by atoms with Crippen molar-refractivity contribution >= 4 is 11.6 Å². The van der Waals surface area contributed by atoms with Gasteiger partial charge in [0.05, 0.1) is 7.11 Å². The van der Waals surface area contributed by atoms with E-state index in [1.807, 2.05) is 30.3 Å². The molecule has 0 atom stereocenters. The number of methoxy groups -OCH3 is 1. The predicted molar refractivity (Wildman–Crippen MR) is 91.0 cm³/mol. The van der Waals surface area contributed by atoms with Gasteiger partial charge in [0.1, 0.15) is 5.76 Å². The molecule has 0 saturated heterocycles. The third kappa shape index (κ3) is 4.62. The van der Waals surface area contributed by atoms with Crippen LogP contribution in [-0.2, 0) is 4.74 Å². The van der Waals surface area contributed by atoms with Crippen molar-refractivity contribution in [3.63, 3.8) is 0 Å². The van der Waals surface area contributed by atoms with Crippen LogP contribution in [0.25, 0.3) is 11.6 Å². The first kappa shape index (κ1) is 17.6. The number of allylic oxidation sites excluding steroid dienone is 3. The van der Waals surface area contributed by atoms with Crippen molar-refractivity contribution in [1.82, 2.24) is 0 Å². The van der Waals surface area contributed by atoms with Gasteiger partial charge in [-0.15, -0.1) is 0 Å². The van der Waals surface area contributed by atoms with E-state index in [1.54, 1.807) is 36.4 Å². The van der Waals surface area contributed by atoms with Crippen LogP contribution in [0.4, 0.5) is 13.2 Å². The molecule has 0 fully saturated rings. The SMILES string of the molecule is C=C(/C=C(\C(=C\c1ccccc1)OC)c1ccccc1)C(F)(F)F. The molecule has 0 aliphatic heterocycles. The Morgan fingerprint density at radius 2 is 1.50 bits per heavy atom. The molecule has 0 amide bonds. The summed E-state index contributed by atoms with van der Waals surface area (Å²) in [7, 11) is 1.43. The maximum atomic E-state index is 12.9. The molecule has 24 heavy (non-hydrogen) atoms. The molecule has 1 nitrogen and oxygen atoms in total. The molecule has 2 aromatic carbocycles. The normalized spacial score (nSPS) is 12.8. The minimum absolute atomic E-state index is 0.323. The lowest BCUT2D eigenvalue weighted by molar-refractivity contribution is -0.0877. The highest BCUT2D eigenvalue weighted by Gasteiger charge is 2.31. The van der Waals surface area contributed by atoms with Gasteiger partial charge in [-0.3, -0.25) is 0 Å². The lowest BCUT2D eigenvalue weighted by Gasteiger charge is -2.14. The van der Waals surface area contributed by atoms with Gasteiger partial charge in [-0.1, -0.05) is 67.2 Å². The highest BCUT2D eigenvalue weighted by atomic mass is 19.4. The number of benzene rings is 2. The van der Waals surface area contributed by atoms with E-state index < -0.39 is 11.7 Å². The average Bonchev–Trinajstić information content (AvgIpc) is 2.58. The third-order valence-electron chi connectivity index (χ3n) is 3.35. The zero-order chi connectivity index (χ0) is 17.6. The van der Waals surface area contributed by atoms with Crippen LogP contribution in [0.1, 0.15) is 11.1 Å². The second-order valence-electron chi connectivity index (χ2n) is 5.07. The van der Waals surface area contributed by atoms with E-state index in [0.717, 1.165) is 11.6 Å². The molecule has 0 heterocycles. The molecule has 0 saturated carbocycles. The molecular formula is C20H17F3O. The lowest BCUT2D eigenvalue weighted by Crippen LogP contribution is -2.09. The van der Waals surface area contributed by atoms with Crippen LogP contribution in [0.5, 0.6) is 0 Å². The first-order valence-corrected chi connectivity index (χ1v) is 7.26.